The summed E-state index contributed by atoms with van der Waals surface area (Å²) in [6, 6.07) is 0. The maximum atomic E-state index is 11.0. The van der Waals surface area contributed by atoms with Crippen LogP contribution >= 0.6 is 0 Å². The number of hydrogen-bond donors (Lipinski definition) is 0. The van der Waals surface area contributed by atoms with Crippen LogP contribution in [0.15, 0.2) is 12.7 Å². The quantitative estimate of drug-likeness (QED) is 0.484. The van der Waals surface area contributed by atoms with Crippen molar-refractivity contribution >= 4 is 5.97 Å². The van der Waals surface area contributed by atoms with Crippen LogP contribution in [0.2, 0.25) is 0 Å². The van der Waals surface area contributed by atoms with Gasteiger partial charge in [0.05, 0.1) is 0 Å². The average molecular weight is 183 g/mol. The van der Waals surface area contributed by atoms with Crippen molar-refractivity contribution in [3.63, 3.8) is 0 Å². The Hall–Kier alpha value is -0.790. The van der Waals surface area contributed by atoms with Gasteiger partial charge < -0.3 is 4.74 Å². The number of carbonyl (C=O) groups excluding carboxylic acids is 1. The topological polar surface area (TPSA) is 26.3 Å². The number of ether oxygens (including phenoxy) is 1. The van der Waals surface area contributed by atoms with Gasteiger partial charge in [-0.15, -0.1) is 0 Å². The normalized spacial score (nSPS) is 15.2. The molecule has 2 nitrogen and oxygen atoms in total. The van der Waals surface area contributed by atoms with Gasteiger partial charge in [0.15, 0.2) is 0 Å². The van der Waals surface area contributed by atoms with Crippen LogP contribution in [0.1, 0.15) is 33.6 Å². The first-order valence-corrected chi connectivity index (χ1v) is 4.58. The Morgan fingerprint density at radius 3 is 2.46 bits per heavy atom. The zero-order valence-electron chi connectivity index (χ0n) is 8.80. The molecule has 0 bridgehead atoms. The molecule has 0 spiro atoms. The van der Waals surface area contributed by atoms with Crippen molar-refractivity contribution in [2.45, 2.75) is 39.2 Å². The Bertz CT molecular complexity index is 185. The van der Waals surface area contributed by atoms with Gasteiger partial charge in [-0.1, -0.05) is 20.4 Å². The van der Waals surface area contributed by atoms with E-state index in [4.69, 9.17) is 4.74 Å². The molecule has 13 heavy (non-hydrogen) atoms. The Morgan fingerprint density at radius 2 is 2.15 bits per heavy atom. The molecule has 0 amide bonds. The van der Waals surface area contributed by atoms with Crippen LogP contribution in [-0.2, 0) is 9.53 Å². The molecule has 0 aromatic heterocycles. The summed E-state index contributed by atoms with van der Waals surface area (Å²) in [5.41, 5.74) is -0.445. The summed E-state index contributed by atoms with van der Waals surface area (Å²) in [4.78, 5) is 11.0. The van der Waals surface area contributed by atoms with Gasteiger partial charge in [0.2, 0.25) is 0 Å². The van der Waals surface area contributed by atoms with Crippen molar-refractivity contribution in [1.82, 2.24) is 0 Å². The second kappa shape index (κ2) is 5.05. The minimum absolute atomic E-state index is 0.369. The van der Waals surface area contributed by atoms with Gasteiger partial charge in [0, 0.05) is 6.08 Å². The van der Waals surface area contributed by atoms with Gasteiger partial charge in [-0.2, -0.15) is 0 Å². The second-order valence-electron chi connectivity index (χ2n) is 3.92. The SMILES string of the molecule is [CH2]CC(C)(CC(C)C)OC(=O)C=C. The van der Waals surface area contributed by atoms with E-state index in [9.17, 15) is 4.79 Å². The van der Waals surface area contributed by atoms with Gasteiger partial charge in [-0.05, 0) is 32.6 Å². The maximum absolute atomic E-state index is 11.0. The Balaban J connectivity index is 4.26. The van der Waals surface area contributed by atoms with Gasteiger partial charge in [0.1, 0.15) is 5.60 Å². The summed E-state index contributed by atoms with van der Waals surface area (Å²) in [5, 5.41) is 0. The third kappa shape index (κ3) is 4.71. The average Bonchev–Trinajstić information content (AvgIpc) is 2.02. The van der Waals surface area contributed by atoms with E-state index in [1.54, 1.807) is 0 Å². The predicted molar refractivity (Wildman–Crippen MR) is 54.1 cm³/mol. The molecule has 0 aliphatic heterocycles. The number of carbonyl (C=O) groups is 1. The fourth-order valence-corrected chi connectivity index (χ4v) is 1.34. The highest BCUT2D eigenvalue weighted by Crippen LogP contribution is 2.24. The number of rotatable bonds is 5. The van der Waals surface area contributed by atoms with Crippen molar-refractivity contribution in [2.24, 2.45) is 5.92 Å². The Labute approximate surface area is 81.0 Å². The highest BCUT2D eigenvalue weighted by molar-refractivity contribution is 5.81. The van der Waals surface area contributed by atoms with E-state index in [1.807, 2.05) is 6.92 Å². The number of hydrogen-bond acceptors (Lipinski definition) is 2. The molecule has 75 valence electrons. The molecule has 0 fully saturated rings. The van der Waals surface area contributed by atoms with Gasteiger partial charge in [-0.25, -0.2) is 4.79 Å². The lowest BCUT2D eigenvalue weighted by Crippen LogP contribution is -2.32. The summed E-state index contributed by atoms with van der Waals surface area (Å²) in [6.45, 7) is 13.2. The summed E-state index contributed by atoms with van der Waals surface area (Å²) < 4.78 is 5.23. The van der Waals surface area contributed by atoms with E-state index in [0.29, 0.717) is 12.3 Å². The lowest BCUT2D eigenvalue weighted by molar-refractivity contribution is -0.153. The monoisotopic (exact) mass is 183 g/mol. The molecule has 0 aromatic carbocycles. The molecule has 0 aliphatic rings. The van der Waals surface area contributed by atoms with Crippen LogP contribution in [0.3, 0.4) is 0 Å². The van der Waals surface area contributed by atoms with E-state index in [-0.39, 0.29) is 5.97 Å². The summed E-state index contributed by atoms with van der Waals surface area (Å²) in [7, 11) is 0. The van der Waals surface area contributed by atoms with Crippen LogP contribution in [0.25, 0.3) is 0 Å². The zero-order chi connectivity index (χ0) is 10.5. The molecule has 1 atom stereocenters. The summed E-state index contributed by atoms with van der Waals surface area (Å²) >= 11 is 0. The molecule has 2 heteroatoms. The first kappa shape index (κ1) is 12.2. The minimum atomic E-state index is -0.445. The van der Waals surface area contributed by atoms with Crippen LogP contribution in [0, 0.1) is 12.8 Å². The van der Waals surface area contributed by atoms with Crippen LogP contribution < -0.4 is 0 Å². The van der Waals surface area contributed by atoms with Gasteiger partial charge in [0.25, 0.3) is 0 Å². The molecular weight excluding hydrogens is 164 g/mol. The predicted octanol–water partition coefficient (Wildman–Crippen LogP) is 2.74. The van der Waals surface area contributed by atoms with E-state index in [2.05, 4.69) is 27.4 Å². The molecule has 0 saturated carbocycles. The van der Waals surface area contributed by atoms with E-state index >= 15 is 0 Å². The van der Waals surface area contributed by atoms with Crippen LogP contribution in [0.4, 0.5) is 0 Å². The Kier molecular flexibility index (Phi) is 4.74. The van der Waals surface area contributed by atoms with Gasteiger partial charge in [-0.3, -0.25) is 0 Å². The van der Waals surface area contributed by atoms with E-state index in [1.165, 1.54) is 6.08 Å². The van der Waals surface area contributed by atoms with E-state index in [0.717, 1.165) is 6.42 Å². The van der Waals surface area contributed by atoms with Crippen molar-refractivity contribution < 1.29 is 9.53 Å². The third-order valence-corrected chi connectivity index (χ3v) is 1.88. The highest BCUT2D eigenvalue weighted by atomic mass is 16.6. The largest absolute Gasteiger partial charge is 0.456 e. The molecule has 1 unspecified atom stereocenters. The van der Waals surface area contributed by atoms with Crippen LogP contribution in [0.5, 0.6) is 0 Å². The second-order valence-corrected chi connectivity index (χ2v) is 3.92. The highest BCUT2D eigenvalue weighted by Gasteiger charge is 2.26. The number of esters is 1. The van der Waals surface area contributed by atoms with Gasteiger partial charge >= 0.3 is 5.97 Å². The van der Waals surface area contributed by atoms with Crippen molar-refractivity contribution in [1.29, 1.82) is 0 Å². The first-order valence-electron chi connectivity index (χ1n) is 4.58. The first-order chi connectivity index (χ1) is 5.93. The maximum Gasteiger partial charge on any atom is 0.330 e. The third-order valence-electron chi connectivity index (χ3n) is 1.88. The fourth-order valence-electron chi connectivity index (χ4n) is 1.34. The molecule has 0 rings (SSSR count). The molecule has 0 N–H and O–H groups in total. The van der Waals surface area contributed by atoms with Crippen molar-refractivity contribution in [3.05, 3.63) is 19.6 Å². The lowest BCUT2D eigenvalue weighted by atomic mass is 9.92. The molecule has 0 heterocycles. The van der Waals surface area contributed by atoms with Crippen molar-refractivity contribution in [3.8, 4) is 0 Å². The zero-order valence-corrected chi connectivity index (χ0v) is 8.80. The summed E-state index contributed by atoms with van der Waals surface area (Å²) in [6.07, 6.45) is 2.61. The standard InChI is InChI=1S/C11H19O2/c1-6-10(12)13-11(5,7-2)8-9(3)4/h6,9H,1-2,7-8H2,3-5H3. The Morgan fingerprint density at radius 1 is 1.62 bits per heavy atom. The molecule has 0 aromatic rings. The van der Waals surface area contributed by atoms with Crippen molar-refractivity contribution in [2.75, 3.05) is 0 Å². The fraction of sp³-hybridized carbons (Fsp3) is 0.636. The van der Waals surface area contributed by atoms with E-state index < -0.39 is 5.60 Å². The molecule has 1 radical (unpaired) electrons. The lowest BCUT2D eigenvalue weighted by Gasteiger charge is -2.29. The molecule has 0 aliphatic carbocycles. The molecule has 0 saturated heterocycles. The smallest absolute Gasteiger partial charge is 0.330 e. The minimum Gasteiger partial charge on any atom is -0.456 e. The molecular formula is C11H19O2. The summed E-state index contributed by atoms with van der Waals surface area (Å²) in [5.74, 6) is 0.121. The van der Waals surface area contributed by atoms with Crippen LogP contribution in [-0.4, -0.2) is 11.6 Å².